The van der Waals surface area contributed by atoms with E-state index in [2.05, 4.69) is 54.4 Å². The molecule has 0 aromatic heterocycles. The van der Waals surface area contributed by atoms with E-state index in [1.165, 1.54) is 5.56 Å². The van der Waals surface area contributed by atoms with Crippen LogP contribution in [0.2, 0.25) is 5.02 Å². The number of guanidine groups is 1. The first-order valence-corrected chi connectivity index (χ1v) is 8.89. The van der Waals surface area contributed by atoms with Gasteiger partial charge in [0.15, 0.2) is 5.96 Å². The van der Waals surface area contributed by atoms with Gasteiger partial charge in [0.1, 0.15) is 0 Å². The fourth-order valence-corrected chi connectivity index (χ4v) is 3.16. The van der Waals surface area contributed by atoms with Crippen LogP contribution in [0.5, 0.6) is 0 Å². The SMILES string of the molecule is CC(C)[C@H]1CN=C(Nc2ccc(Cl)cc2)N1CCc1ccccc1. The number of anilines is 1. The normalized spacial score (nSPS) is 17.2. The maximum Gasteiger partial charge on any atom is 0.198 e. The Morgan fingerprint density at radius 3 is 2.50 bits per heavy atom. The van der Waals surface area contributed by atoms with Crippen molar-refractivity contribution in [3.63, 3.8) is 0 Å². The first kappa shape index (κ1) is 16.8. The Kier molecular flexibility index (Phi) is 5.41. The molecule has 0 saturated carbocycles. The number of nitrogens with zero attached hydrogens (tertiary/aromatic N) is 2. The zero-order valence-electron chi connectivity index (χ0n) is 14.2. The molecular formula is C20H24ClN3. The molecule has 0 spiro atoms. The molecule has 0 amide bonds. The molecule has 3 rings (SSSR count). The highest BCUT2D eigenvalue weighted by Gasteiger charge is 2.29. The standard InChI is InChI=1S/C20H24ClN3/c1-15(2)19-14-22-20(23-18-10-8-17(21)9-11-18)24(19)13-12-16-6-4-3-5-7-16/h3-11,15,19H,12-14H2,1-2H3,(H,22,23)/t19-/m1/s1. The van der Waals surface area contributed by atoms with E-state index in [1.807, 2.05) is 24.3 Å². The van der Waals surface area contributed by atoms with Gasteiger partial charge in [0.05, 0.1) is 12.6 Å². The Labute approximate surface area is 149 Å². The van der Waals surface area contributed by atoms with Crippen LogP contribution in [0, 0.1) is 5.92 Å². The van der Waals surface area contributed by atoms with Gasteiger partial charge in [-0.1, -0.05) is 55.8 Å². The minimum atomic E-state index is 0.448. The fraction of sp³-hybridized carbons (Fsp3) is 0.350. The van der Waals surface area contributed by atoms with Crippen LogP contribution in [0.1, 0.15) is 19.4 Å². The molecular weight excluding hydrogens is 318 g/mol. The number of benzene rings is 2. The lowest BCUT2D eigenvalue weighted by molar-refractivity contribution is 0.278. The van der Waals surface area contributed by atoms with Gasteiger partial charge in [0, 0.05) is 17.3 Å². The molecule has 0 fully saturated rings. The Balaban J connectivity index is 1.70. The summed E-state index contributed by atoms with van der Waals surface area (Å²) in [7, 11) is 0. The summed E-state index contributed by atoms with van der Waals surface area (Å²) in [5.74, 6) is 1.53. The van der Waals surface area contributed by atoms with Crippen molar-refractivity contribution in [1.82, 2.24) is 4.90 Å². The van der Waals surface area contributed by atoms with Crippen LogP contribution in [-0.4, -0.2) is 30.0 Å². The highest BCUT2D eigenvalue weighted by atomic mass is 35.5. The Hall–Kier alpha value is -2.00. The number of aliphatic imine (C=N–C) groups is 1. The van der Waals surface area contributed by atoms with Crippen LogP contribution in [-0.2, 0) is 6.42 Å². The Morgan fingerprint density at radius 2 is 1.83 bits per heavy atom. The number of rotatable bonds is 5. The molecule has 0 saturated heterocycles. The lowest BCUT2D eigenvalue weighted by Crippen LogP contribution is -2.43. The summed E-state index contributed by atoms with van der Waals surface area (Å²) in [6.07, 6.45) is 1.02. The van der Waals surface area contributed by atoms with E-state index >= 15 is 0 Å². The van der Waals surface area contributed by atoms with Gasteiger partial charge < -0.3 is 10.2 Å². The smallest absolute Gasteiger partial charge is 0.198 e. The summed E-state index contributed by atoms with van der Waals surface area (Å²) in [6.45, 7) is 6.34. The van der Waals surface area contributed by atoms with Gasteiger partial charge in [0.25, 0.3) is 0 Å². The van der Waals surface area contributed by atoms with Crippen LogP contribution in [0.3, 0.4) is 0 Å². The van der Waals surface area contributed by atoms with E-state index in [0.717, 1.165) is 36.2 Å². The predicted octanol–water partition coefficient (Wildman–Crippen LogP) is 4.69. The number of halogens is 1. The van der Waals surface area contributed by atoms with Gasteiger partial charge >= 0.3 is 0 Å². The zero-order valence-corrected chi connectivity index (χ0v) is 15.0. The van der Waals surface area contributed by atoms with Crippen molar-refractivity contribution in [2.45, 2.75) is 26.3 Å². The van der Waals surface area contributed by atoms with Crippen LogP contribution in [0.25, 0.3) is 0 Å². The van der Waals surface area contributed by atoms with Gasteiger partial charge in [-0.2, -0.15) is 0 Å². The molecule has 1 aliphatic heterocycles. The van der Waals surface area contributed by atoms with Gasteiger partial charge in [-0.05, 0) is 42.2 Å². The summed E-state index contributed by atoms with van der Waals surface area (Å²) in [4.78, 5) is 7.16. The van der Waals surface area contributed by atoms with Crippen molar-refractivity contribution in [3.05, 3.63) is 65.2 Å². The van der Waals surface area contributed by atoms with Gasteiger partial charge in [-0.25, -0.2) is 0 Å². The summed E-state index contributed by atoms with van der Waals surface area (Å²) in [6, 6.07) is 18.8. The Bertz CT molecular complexity index is 680. The van der Waals surface area contributed by atoms with Crippen molar-refractivity contribution >= 4 is 23.2 Å². The molecule has 2 aromatic rings. The number of hydrogen-bond acceptors (Lipinski definition) is 3. The minimum Gasteiger partial charge on any atom is -0.337 e. The van der Waals surface area contributed by atoms with Crippen molar-refractivity contribution in [3.8, 4) is 0 Å². The molecule has 4 heteroatoms. The molecule has 2 aromatic carbocycles. The van der Waals surface area contributed by atoms with E-state index in [-0.39, 0.29) is 0 Å². The van der Waals surface area contributed by atoms with E-state index in [9.17, 15) is 0 Å². The summed E-state index contributed by atoms with van der Waals surface area (Å²) < 4.78 is 0. The van der Waals surface area contributed by atoms with E-state index in [1.54, 1.807) is 0 Å². The molecule has 0 aliphatic carbocycles. The van der Waals surface area contributed by atoms with Gasteiger partial charge in [0.2, 0.25) is 0 Å². The van der Waals surface area contributed by atoms with E-state index in [4.69, 9.17) is 16.6 Å². The summed E-state index contributed by atoms with van der Waals surface area (Å²) >= 11 is 5.97. The number of nitrogens with one attached hydrogen (secondary N) is 1. The molecule has 0 bridgehead atoms. The van der Waals surface area contributed by atoms with E-state index < -0.39 is 0 Å². The predicted molar refractivity (Wildman–Crippen MR) is 103 cm³/mol. The van der Waals surface area contributed by atoms with Crippen molar-refractivity contribution in [2.24, 2.45) is 10.9 Å². The molecule has 126 valence electrons. The number of hydrogen-bond donors (Lipinski definition) is 1. The van der Waals surface area contributed by atoms with Crippen LogP contribution >= 0.6 is 11.6 Å². The molecule has 0 radical (unpaired) electrons. The Morgan fingerprint density at radius 1 is 1.12 bits per heavy atom. The highest BCUT2D eigenvalue weighted by molar-refractivity contribution is 6.30. The third-order valence-electron chi connectivity index (χ3n) is 4.45. The van der Waals surface area contributed by atoms with Crippen molar-refractivity contribution < 1.29 is 0 Å². The largest absolute Gasteiger partial charge is 0.337 e. The third-order valence-corrected chi connectivity index (χ3v) is 4.71. The molecule has 24 heavy (non-hydrogen) atoms. The van der Waals surface area contributed by atoms with Crippen LogP contribution in [0.15, 0.2) is 59.6 Å². The molecule has 1 N–H and O–H groups in total. The lowest BCUT2D eigenvalue weighted by atomic mass is 10.0. The molecule has 1 aliphatic rings. The van der Waals surface area contributed by atoms with E-state index in [0.29, 0.717) is 12.0 Å². The highest BCUT2D eigenvalue weighted by Crippen LogP contribution is 2.21. The minimum absolute atomic E-state index is 0.448. The van der Waals surface area contributed by atoms with Crippen LogP contribution in [0.4, 0.5) is 5.69 Å². The second-order valence-corrected chi connectivity index (χ2v) is 6.97. The molecule has 1 atom stereocenters. The van der Waals surface area contributed by atoms with Crippen molar-refractivity contribution in [2.75, 3.05) is 18.4 Å². The summed E-state index contributed by atoms with van der Waals surface area (Å²) in [5.41, 5.74) is 2.38. The van der Waals surface area contributed by atoms with Crippen LogP contribution < -0.4 is 5.32 Å². The summed E-state index contributed by atoms with van der Waals surface area (Å²) in [5, 5.41) is 4.20. The van der Waals surface area contributed by atoms with Crippen molar-refractivity contribution in [1.29, 1.82) is 0 Å². The lowest BCUT2D eigenvalue weighted by Gasteiger charge is -2.30. The first-order chi connectivity index (χ1) is 11.6. The second-order valence-electron chi connectivity index (χ2n) is 6.54. The monoisotopic (exact) mass is 341 g/mol. The maximum absolute atomic E-state index is 5.97. The quantitative estimate of drug-likeness (QED) is 0.854. The fourth-order valence-electron chi connectivity index (χ4n) is 3.04. The third kappa shape index (κ3) is 4.09. The first-order valence-electron chi connectivity index (χ1n) is 8.51. The molecule has 0 unspecified atom stereocenters. The van der Waals surface area contributed by atoms with Gasteiger partial charge in [-0.3, -0.25) is 4.99 Å². The zero-order chi connectivity index (χ0) is 16.9. The van der Waals surface area contributed by atoms with Gasteiger partial charge in [-0.15, -0.1) is 0 Å². The topological polar surface area (TPSA) is 27.6 Å². The molecule has 3 nitrogen and oxygen atoms in total. The average Bonchev–Trinajstić information content (AvgIpc) is 2.99. The second kappa shape index (κ2) is 7.71. The molecule has 1 heterocycles. The average molecular weight is 342 g/mol. The maximum atomic E-state index is 5.97.